The Kier molecular flexibility index (Phi) is 6.26. The SMILES string of the molecule is O=C(NC(C(=O)N1CCCC(C(=O)O)C1)C1CCC1)OCC1c2ccccc2-c2ccccc21. The fourth-order valence-electron chi connectivity index (χ4n) is 5.50. The number of carbonyl (C=O) groups is 3. The molecule has 7 heteroatoms. The number of carboxylic acid groups (broad SMARTS) is 1. The van der Waals surface area contributed by atoms with Gasteiger partial charge in [0, 0.05) is 19.0 Å². The number of fused-ring (bicyclic) bond motifs is 3. The van der Waals surface area contributed by atoms with Gasteiger partial charge in [0.1, 0.15) is 12.6 Å². The van der Waals surface area contributed by atoms with Gasteiger partial charge in [0.15, 0.2) is 0 Å². The quantitative estimate of drug-likeness (QED) is 0.676. The highest BCUT2D eigenvalue weighted by molar-refractivity contribution is 5.87. The van der Waals surface area contributed by atoms with Crippen LogP contribution in [0.4, 0.5) is 4.79 Å². The van der Waals surface area contributed by atoms with Gasteiger partial charge in [-0.1, -0.05) is 55.0 Å². The number of likely N-dealkylation sites (tertiary alicyclic amines) is 1. The fraction of sp³-hybridized carbons (Fsp3) is 0.444. The Morgan fingerprint density at radius 1 is 0.971 bits per heavy atom. The molecule has 2 aromatic rings. The number of rotatable bonds is 6. The number of amides is 2. The van der Waals surface area contributed by atoms with E-state index in [4.69, 9.17) is 4.74 Å². The standard InChI is InChI=1S/C27H30N2O5/c30-25(29-14-6-9-18(15-29)26(31)32)24(17-7-5-8-17)28-27(33)34-16-23-21-12-3-1-10-19(21)20-11-2-4-13-22(20)23/h1-4,10-13,17-18,23-24H,5-9,14-16H2,(H,28,33)(H,31,32). The van der Waals surface area contributed by atoms with Gasteiger partial charge >= 0.3 is 12.1 Å². The van der Waals surface area contributed by atoms with Crippen molar-refractivity contribution in [1.82, 2.24) is 10.2 Å². The summed E-state index contributed by atoms with van der Waals surface area (Å²) in [4.78, 5) is 39.2. The van der Waals surface area contributed by atoms with Crippen LogP contribution in [0.5, 0.6) is 0 Å². The van der Waals surface area contributed by atoms with Crippen LogP contribution in [-0.2, 0) is 14.3 Å². The smallest absolute Gasteiger partial charge is 0.407 e. The molecule has 0 spiro atoms. The predicted molar refractivity (Wildman–Crippen MR) is 126 cm³/mol. The van der Waals surface area contributed by atoms with Gasteiger partial charge in [0.25, 0.3) is 0 Å². The maximum atomic E-state index is 13.3. The minimum absolute atomic E-state index is 0.0468. The fourth-order valence-corrected chi connectivity index (χ4v) is 5.50. The zero-order valence-corrected chi connectivity index (χ0v) is 19.1. The van der Waals surface area contributed by atoms with Gasteiger partial charge in [-0.2, -0.15) is 0 Å². The lowest BCUT2D eigenvalue weighted by atomic mass is 9.79. The van der Waals surface area contributed by atoms with E-state index >= 15 is 0 Å². The first kappa shape index (κ1) is 22.4. The highest BCUT2D eigenvalue weighted by atomic mass is 16.5. The number of ether oxygens (including phenoxy) is 1. The van der Waals surface area contributed by atoms with Crippen molar-refractivity contribution < 1.29 is 24.2 Å². The molecule has 1 saturated carbocycles. The Hall–Kier alpha value is -3.35. The zero-order chi connectivity index (χ0) is 23.7. The van der Waals surface area contributed by atoms with Gasteiger partial charge in [0.2, 0.25) is 5.91 Å². The zero-order valence-electron chi connectivity index (χ0n) is 19.1. The van der Waals surface area contributed by atoms with Crippen LogP contribution >= 0.6 is 0 Å². The highest BCUT2D eigenvalue weighted by Gasteiger charge is 2.39. The molecule has 0 bridgehead atoms. The topological polar surface area (TPSA) is 95.9 Å². The summed E-state index contributed by atoms with van der Waals surface area (Å²) >= 11 is 0. The molecule has 0 radical (unpaired) electrons. The minimum atomic E-state index is -0.873. The molecule has 2 aromatic carbocycles. The van der Waals surface area contributed by atoms with Crippen molar-refractivity contribution in [2.75, 3.05) is 19.7 Å². The van der Waals surface area contributed by atoms with Crippen molar-refractivity contribution in [2.24, 2.45) is 11.8 Å². The number of benzene rings is 2. The van der Waals surface area contributed by atoms with E-state index in [0.717, 1.165) is 41.5 Å². The maximum absolute atomic E-state index is 13.3. The normalized spacial score (nSPS) is 20.6. The molecule has 5 rings (SSSR count). The highest BCUT2D eigenvalue weighted by Crippen LogP contribution is 2.44. The van der Waals surface area contributed by atoms with Crippen molar-refractivity contribution in [3.8, 4) is 11.1 Å². The van der Waals surface area contributed by atoms with Crippen LogP contribution in [0.15, 0.2) is 48.5 Å². The van der Waals surface area contributed by atoms with E-state index < -0.39 is 24.0 Å². The third kappa shape index (κ3) is 4.27. The van der Waals surface area contributed by atoms with Crippen LogP contribution in [0.2, 0.25) is 0 Å². The van der Waals surface area contributed by atoms with Crippen LogP contribution in [-0.4, -0.2) is 53.7 Å². The van der Waals surface area contributed by atoms with Crippen molar-refractivity contribution >= 4 is 18.0 Å². The number of aliphatic carboxylic acids is 1. The molecule has 0 aromatic heterocycles. The number of nitrogens with zero attached hydrogens (tertiary/aromatic N) is 1. The van der Waals surface area contributed by atoms with E-state index in [9.17, 15) is 19.5 Å². The van der Waals surface area contributed by atoms with Crippen LogP contribution in [0.1, 0.15) is 49.1 Å². The van der Waals surface area contributed by atoms with Gasteiger partial charge in [0.05, 0.1) is 5.92 Å². The second-order valence-corrected chi connectivity index (χ2v) is 9.60. The first-order valence-corrected chi connectivity index (χ1v) is 12.2. The van der Waals surface area contributed by atoms with E-state index in [2.05, 4.69) is 29.6 Å². The number of carboxylic acids is 1. The molecule has 2 fully saturated rings. The number of hydrogen-bond acceptors (Lipinski definition) is 4. The molecule has 178 valence electrons. The molecule has 1 saturated heterocycles. The number of nitrogens with one attached hydrogen (secondary N) is 1. The lowest BCUT2D eigenvalue weighted by Crippen LogP contribution is -2.56. The van der Waals surface area contributed by atoms with Gasteiger partial charge in [-0.25, -0.2) is 4.79 Å². The Labute approximate surface area is 199 Å². The lowest BCUT2D eigenvalue weighted by molar-refractivity contribution is -0.146. The Bertz CT molecular complexity index is 1050. The average molecular weight is 463 g/mol. The summed E-state index contributed by atoms with van der Waals surface area (Å²) in [5.41, 5.74) is 4.59. The Morgan fingerprint density at radius 2 is 1.62 bits per heavy atom. The molecule has 3 aliphatic rings. The van der Waals surface area contributed by atoms with E-state index in [1.54, 1.807) is 4.90 Å². The van der Waals surface area contributed by atoms with Gasteiger partial charge < -0.3 is 20.1 Å². The van der Waals surface area contributed by atoms with Crippen LogP contribution in [0.3, 0.4) is 0 Å². The minimum Gasteiger partial charge on any atom is -0.481 e. The number of carbonyl (C=O) groups excluding carboxylic acids is 2. The predicted octanol–water partition coefficient (Wildman–Crippen LogP) is 4.02. The monoisotopic (exact) mass is 462 g/mol. The molecule has 2 atom stereocenters. The molecule has 7 nitrogen and oxygen atoms in total. The summed E-state index contributed by atoms with van der Waals surface area (Å²) < 4.78 is 5.67. The largest absolute Gasteiger partial charge is 0.481 e. The summed E-state index contributed by atoms with van der Waals surface area (Å²) in [6.45, 7) is 0.915. The van der Waals surface area contributed by atoms with Gasteiger partial charge in [-0.15, -0.1) is 0 Å². The van der Waals surface area contributed by atoms with Crippen molar-refractivity contribution in [2.45, 2.75) is 44.1 Å². The first-order chi connectivity index (χ1) is 16.5. The number of alkyl carbamates (subject to hydrolysis) is 1. The van der Waals surface area contributed by atoms with E-state index in [-0.39, 0.29) is 30.9 Å². The van der Waals surface area contributed by atoms with Crippen LogP contribution < -0.4 is 5.32 Å². The third-order valence-electron chi connectivity index (χ3n) is 7.59. The molecule has 2 N–H and O–H groups in total. The molecule has 2 aliphatic carbocycles. The van der Waals surface area contributed by atoms with Gasteiger partial charge in [-0.05, 0) is 53.9 Å². The number of piperidine rings is 1. The summed E-state index contributed by atoms with van der Waals surface area (Å²) in [6.07, 6.45) is 3.40. The molecular formula is C27H30N2O5. The van der Waals surface area contributed by atoms with Crippen molar-refractivity contribution in [1.29, 1.82) is 0 Å². The summed E-state index contributed by atoms with van der Waals surface area (Å²) in [6, 6.07) is 15.6. The molecule has 2 unspecified atom stereocenters. The molecule has 34 heavy (non-hydrogen) atoms. The lowest BCUT2D eigenvalue weighted by Gasteiger charge is -2.38. The van der Waals surface area contributed by atoms with Gasteiger partial charge in [-0.3, -0.25) is 9.59 Å². The van der Waals surface area contributed by atoms with Crippen LogP contribution in [0.25, 0.3) is 11.1 Å². The Morgan fingerprint density at radius 3 is 2.21 bits per heavy atom. The van der Waals surface area contributed by atoms with Crippen molar-refractivity contribution in [3.05, 3.63) is 59.7 Å². The molecule has 1 heterocycles. The van der Waals surface area contributed by atoms with E-state index in [1.807, 2.05) is 24.3 Å². The van der Waals surface area contributed by atoms with E-state index in [0.29, 0.717) is 19.4 Å². The summed E-state index contributed by atoms with van der Waals surface area (Å²) in [5, 5.41) is 12.2. The maximum Gasteiger partial charge on any atom is 0.407 e. The second kappa shape index (κ2) is 9.49. The molecular weight excluding hydrogens is 432 g/mol. The Balaban J connectivity index is 1.25. The number of hydrogen-bond donors (Lipinski definition) is 2. The first-order valence-electron chi connectivity index (χ1n) is 12.2. The van der Waals surface area contributed by atoms with E-state index in [1.165, 1.54) is 0 Å². The molecule has 1 aliphatic heterocycles. The summed E-state index contributed by atoms with van der Waals surface area (Å²) in [5.74, 6) is -1.59. The molecule has 2 amide bonds. The summed E-state index contributed by atoms with van der Waals surface area (Å²) in [7, 11) is 0. The van der Waals surface area contributed by atoms with Crippen molar-refractivity contribution in [3.63, 3.8) is 0 Å². The average Bonchev–Trinajstić information content (AvgIpc) is 3.14. The third-order valence-corrected chi connectivity index (χ3v) is 7.59. The second-order valence-electron chi connectivity index (χ2n) is 9.60. The van der Waals surface area contributed by atoms with Crippen LogP contribution in [0, 0.1) is 11.8 Å².